The first-order valence-corrected chi connectivity index (χ1v) is 11.3. The number of amides is 2. The Bertz CT molecular complexity index is 1050. The number of anilines is 1. The quantitative estimate of drug-likeness (QED) is 0.526. The summed E-state index contributed by atoms with van der Waals surface area (Å²) in [5.74, 6) is -3.55. The monoisotopic (exact) mass is 463 g/mol. The normalized spacial score (nSPS) is 16.4. The third-order valence-electron chi connectivity index (χ3n) is 5.33. The number of rotatable bonds is 7. The number of para-hydroxylation sites is 1. The Balaban J connectivity index is 0.00000129. The van der Waals surface area contributed by atoms with Gasteiger partial charge in [0.05, 0.1) is 23.2 Å². The average Bonchev–Trinajstić information content (AvgIpc) is 2.94. The van der Waals surface area contributed by atoms with Gasteiger partial charge in [0, 0.05) is 11.1 Å². The number of nitrogens with zero attached hydrogens (tertiary/aromatic N) is 1. The highest BCUT2D eigenvalue weighted by molar-refractivity contribution is 6.19. The third-order valence-corrected chi connectivity index (χ3v) is 5.33. The molecule has 34 heavy (non-hydrogen) atoms. The predicted octanol–water partition coefficient (Wildman–Crippen LogP) is 4.49. The number of carbonyl (C=O) groups excluding carboxylic acids is 2. The van der Waals surface area contributed by atoms with Gasteiger partial charge in [-0.15, -0.1) is 6.58 Å². The van der Waals surface area contributed by atoms with Crippen molar-refractivity contribution in [1.82, 2.24) is 5.32 Å². The zero-order valence-electron chi connectivity index (χ0n) is 20.1. The van der Waals surface area contributed by atoms with Gasteiger partial charge >= 0.3 is 5.97 Å². The summed E-state index contributed by atoms with van der Waals surface area (Å²) in [5, 5.41) is 14.9. The Hall–Kier alpha value is -3.74. The first-order chi connectivity index (χ1) is 16.2. The van der Waals surface area contributed by atoms with Gasteiger partial charge in [-0.1, -0.05) is 75.4 Å². The lowest BCUT2D eigenvalue weighted by Gasteiger charge is -2.24. The highest BCUT2D eigenvalue weighted by Crippen LogP contribution is 2.25. The highest BCUT2D eigenvalue weighted by Gasteiger charge is 2.34. The van der Waals surface area contributed by atoms with E-state index in [1.807, 2.05) is 69.3 Å². The number of carbonyl (C=O) groups is 3. The lowest BCUT2D eigenvalue weighted by atomic mass is 9.85. The van der Waals surface area contributed by atoms with Gasteiger partial charge in [0.15, 0.2) is 0 Å². The van der Waals surface area contributed by atoms with Gasteiger partial charge in [-0.2, -0.15) is 0 Å². The van der Waals surface area contributed by atoms with Crippen LogP contribution in [0, 0.1) is 17.8 Å². The molecule has 1 aliphatic rings. The number of benzodiazepines with no additional fused rings is 1. The predicted molar refractivity (Wildman–Crippen MR) is 135 cm³/mol. The molecule has 7 heteroatoms. The maximum absolute atomic E-state index is 13.0. The molecule has 7 nitrogen and oxygen atoms in total. The molecular formula is C27H33N3O4. The molecule has 1 aliphatic heterocycles. The fourth-order valence-electron chi connectivity index (χ4n) is 3.64. The number of allylic oxidation sites excluding steroid dienone is 1. The summed E-state index contributed by atoms with van der Waals surface area (Å²) in [6.07, 6.45) is 0.967. The molecule has 180 valence electrons. The van der Waals surface area contributed by atoms with E-state index in [-0.39, 0.29) is 5.92 Å². The van der Waals surface area contributed by atoms with Gasteiger partial charge < -0.3 is 15.7 Å². The number of carboxylic acids is 1. The van der Waals surface area contributed by atoms with E-state index in [0.29, 0.717) is 17.8 Å². The van der Waals surface area contributed by atoms with Gasteiger partial charge in [-0.3, -0.25) is 14.4 Å². The maximum atomic E-state index is 13.0. The molecule has 0 saturated carbocycles. The van der Waals surface area contributed by atoms with Crippen LogP contribution in [0.1, 0.15) is 45.2 Å². The smallest absolute Gasteiger partial charge is 0.307 e. The third kappa shape index (κ3) is 6.88. The van der Waals surface area contributed by atoms with Gasteiger partial charge in [0.25, 0.3) is 5.91 Å². The molecule has 3 atom stereocenters. The van der Waals surface area contributed by atoms with Crippen molar-refractivity contribution in [3.63, 3.8) is 0 Å². The molecule has 1 heterocycles. The van der Waals surface area contributed by atoms with Crippen LogP contribution in [0.15, 0.2) is 72.2 Å². The summed E-state index contributed by atoms with van der Waals surface area (Å²) < 4.78 is 0. The minimum absolute atomic E-state index is 0.119. The van der Waals surface area contributed by atoms with Crippen molar-refractivity contribution in [1.29, 1.82) is 0 Å². The summed E-state index contributed by atoms with van der Waals surface area (Å²) in [7, 11) is 0. The fourth-order valence-corrected chi connectivity index (χ4v) is 3.64. The Morgan fingerprint density at radius 1 is 1.12 bits per heavy atom. The van der Waals surface area contributed by atoms with E-state index in [2.05, 4.69) is 22.2 Å². The number of hydrogen-bond acceptors (Lipinski definition) is 4. The lowest BCUT2D eigenvalue weighted by molar-refractivity contribution is -0.147. The van der Waals surface area contributed by atoms with Crippen LogP contribution in [-0.4, -0.2) is 34.8 Å². The van der Waals surface area contributed by atoms with E-state index in [1.54, 1.807) is 12.1 Å². The van der Waals surface area contributed by atoms with Crippen molar-refractivity contribution < 1.29 is 19.5 Å². The van der Waals surface area contributed by atoms with Gasteiger partial charge in [0.2, 0.25) is 12.1 Å². The van der Waals surface area contributed by atoms with E-state index in [4.69, 9.17) is 0 Å². The van der Waals surface area contributed by atoms with Gasteiger partial charge in [-0.05, 0) is 25.3 Å². The number of hydrogen-bond donors (Lipinski definition) is 3. The minimum atomic E-state index is -1.18. The van der Waals surface area contributed by atoms with E-state index < -0.39 is 35.8 Å². The van der Waals surface area contributed by atoms with E-state index >= 15 is 0 Å². The first kappa shape index (κ1) is 26.5. The molecule has 0 saturated heterocycles. The van der Waals surface area contributed by atoms with Crippen LogP contribution in [0.5, 0.6) is 0 Å². The molecule has 3 rings (SSSR count). The lowest BCUT2D eigenvalue weighted by Crippen LogP contribution is -2.47. The van der Waals surface area contributed by atoms with Crippen molar-refractivity contribution in [2.45, 2.75) is 40.3 Å². The fraction of sp³-hybridized carbons (Fsp3) is 0.333. The molecule has 0 aromatic heterocycles. The summed E-state index contributed by atoms with van der Waals surface area (Å²) in [6, 6.07) is 16.7. The standard InChI is InChI=1S/C24H27N3O4.C3H6/c1-14(2)13-18(15(3)24(30)31)22(28)27-21-23(29)25-19-12-8-7-11-17(19)20(26-21)16-9-5-4-6-10-16;1-3-2/h4-12,14-15,18,21H,13H2,1-3H3,(H,25,29)(H,27,28)(H,30,31);3H,1H2,2H3/t15?,18-,21?;/m1./s1. The molecule has 2 aromatic carbocycles. The number of carboxylic acid groups (broad SMARTS) is 1. The topological polar surface area (TPSA) is 108 Å². The van der Waals surface area contributed by atoms with Gasteiger partial charge in [-0.25, -0.2) is 4.99 Å². The molecular weight excluding hydrogens is 430 g/mol. The summed E-state index contributed by atoms with van der Waals surface area (Å²) >= 11 is 0. The number of aliphatic carboxylic acids is 1. The maximum Gasteiger partial charge on any atom is 0.307 e. The van der Waals surface area contributed by atoms with Crippen molar-refractivity contribution >= 4 is 29.2 Å². The number of nitrogens with one attached hydrogen (secondary N) is 2. The zero-order valence-corrected chi connectivity index (χ0v) is 20.1. The van der Waals surface area contributed by atoms with E-state index in [1.165, 1.54) is 6.92 Å². The van der Waals surface area contributed by atoms with Crippen molar-refractivity contribution in [3.05, 3.63) is 78.4 Å². The summed E-state index contributed by atoms with van der Waals surface area (Å²) in [5.41, 5.74) is 2.73. The molecule has 0 spiro atoms. The van der Waals surface area contributed by atoms with Crippen molar-refractivity contribution in [3.8, 4) is 0 Å². The zero-order chi connectivity index (χ0) is 25.3. The second-order valence-electron chi connectivity index (χ2n) is 8.56. The summed E-state index contributed by atoms with van der Waals surface area (Å²) in [6.45, 7) is 10.6. The molecule has 0 aliphatic carbocycles. The molecule has 0 radical (unpaired) electrons. The SMILES string of the molecule is C=CC.CC(C)C[C@@H](C(=O)NC1N=C(c2ccccc2)c2ccccc2NC1=O)C(C)C(=O)O. The van der Waals surface area contributed by atoms with Crippen LogP contribution in [0.3, 0.4) is 0 Å². The van der Waals surface area contributed by atoms with Crippen molar-refractivity contribution in [2.24, 2.45) is 22.7 Å². The Morgan fingerprint density at radius 3 is 2.29 bits per heavy atom. The van der Waals surface area contributed by atoms with Gasteiger partial charge in [0.1, 0.15) is 0 Å². The second-order valence-corrected chi connectivity index (χ2v) is 8.56. The van der Waals surface area contributed by atoms with Crippen LogP contribution in [-0.2, 0) is 14.4 Å². The number of aliphatic imine (C=N–C) groups is 1. The Morgan fingerprint density at radius 2 is 1.71 bits per heavy atom. The average molecular weight is 464 g/mol. The summed E-state index contributed by atoms with van der Waals surface area (Å²) in [4.78, 5) is 42.1. The molecule has 3 N–H and O–H groups in total. The molecule has 2 unspecified atom stereocenters. The number of fused-ring (bicyclic) bond motifs is 1. The van der Waals surface area contributed by atoms with Crippen LogP contribution in [0.4, 0.5) is 5.69 Å². The molecule has 0 fully saturated rings. The molecule has 0 bridgehead atoms. The van der Waals surface area contributed by atoms with Crippen LogP contribution in [0.25, 0.3) is 0 Å². The van der Waals surface area contributed by atoms with Crippen LogP contribution < -0.4 is 10.6 Å². The Labute approximate surface area is 201 Å². The van der Waals surface area contributed by atoms with Crippen LogP contribution in [0.2, 0.25) is 0 Å². The molecule has 2 aromatic rings. The van der Waals surface area contributed by atoms with E-state index in [9.17, 15) is 19.5 Å². The van der Waals surface area contributed by atoms with Crippen molar-refractivity contribution in [2.75, 3.05) is 5.32 Å². The van der Waals surface area contributed by atoms with Crippen LogP contribution >= 0.6 is 0 Å². The first-order valence-electron chi connectivity index (χ1n) is 11.3. The second kappa shape index (κ2) is 12.5. The molecule has 2 amide bonds. The highest BCUT2D eigenvalue weighted by atomic mass is 16.4. The minimum Gasteiger partial charge on any atom is -0.481 e. The largest absolute Gasteiger partial charge is 0.481 e. The van der Waals surface area contributed by atoms with E-state index in [0.717, 1.165) is 11.1 Å². The number of benzene rings is 2. The Kier molecular flexibility index (Phi) is 9.74.